The Morgan fingerprint density at radius 1 is 1.29 bits per heavy atom. The third-order valence-electron chi connectivity index (χ3n) is 4.24. The Labute approximate surface area is 126 Å². The number of benzene rings is 1. The van der Waals surface area contributed by atoms with Crippen molar-refractivity contribution < 1.29 is 4.74 Å². The lowest BCUT2D eigenvalue weighted by Gasteiger charge is -2.33. The van der Waals surface area contributed by atoms with Gasteiger partial charge in [0.1, 0.15) is 0 Å². The highest BCUT2D eigenvalue weighted by Gasteiger charge is 2.28. The van der Waals surface area contributed by atoms with Gasteiger partial charge in [0.2, 0.25) is 0 Å². The predicted molar refractivity (Wildman–Crippen MR) is 86.3 cm³/mol. The molecule has 1 aliphatic rings. The molecule has 21 heavy (non-hydrogen) atoms. The number of ether oxygens (including phenoxy) is 1. The van der Waals surface area contributed by atoms with Crippen LogP contribution in [0, 0.1) is 5.92 Å². The molecule has 1 aromatic heterocycles. The van der Waals surface area contributed by atoms with Crippen molar-refractivity contribution in [2.24, 2.45) is 5.92 Å². The van der Waals surface area contributed by atoms with Gasteiger partial charge >= 0.3 is 0 Å². The first-order valence-corrected chi connectivity index (χ1v) is 7.93. The molecule has 2 aromatic rings. The maximum atomic E-state index is 6.14. The molecule has 0 saturated carbocycles. The van der Waals surface area contributed by atoms with E-state index in [0.717, 1.165) is 19.6 Å². The molecule has 3 heteroatoms. The normalized spacial score (nSPS) is 22.8. The van der Waals surface area contributed by atoms with Crippen LogP contribution in [0.15, 0.2) is 36.7 Å². The largest absolute Gasteiger partial charge is 0.373 e. The minimum atomic E-state index is 0.156. The highest BCUT2D eigenvalue weighted by atomic mass is 16.5. The van der Waals surface area contributed by atoms with Crippen molar-refractivity contribution in [3.05, 3.63) is 42.2 Å². The summed E-state index contributed by atoms with van der Waals surface area (Å²) >= 11 is 0. The second-order valence-corrected chi connectivity index (χ2v) is 6.21. The van der Waals surface area contributed by atoms with Gasteiger partial charge in [0.15, 0.2) is 0 Å². The second kappa shape index (κ2) is 6.54. The molecular formula is C18H24N2O. The van der Waals surface area contributed by atoms with E-state index in [9.17, 15) is 0 Å². The van der Waals surface area contributed by atoms with Gasteiger partial charge < -0.3 is 10.1 Å². The number of rotatable bonds is 4. The molecule has 0 bridgehead atoms. The molecule has 3 rings (SSSR count). The Morgan fingerprint density at radius 2 is 2.14 bits per heavy atom. The molecule has 0 amide bonds. The maximum absolute atomic E-state index is 6.14. The Balaban J connectivity index is 1.91. The molecule has 0 spiro atoms. The topological polar surface area (TPSA) is 34.1 Å². The molecule has 1 N–H and O–H groups in total. The van der Waals surface area contributed by atoms with Crippen LogP contribution in [0.1, 0.15) is 38.4 Å². The molecule has 0 radical (unpaired) electrons. The molecule has 0 aliphatic carbocycles. The van der Waals surface area contributed by atoms with E-state index < -0.39 is 0 Å². The average molecular weight is 284 g/mol. The summed E-state index contributed by atoms with van der Waals surface area (Å²) in [7, 11) is 0. The number of nitrogens with zero attached hydrogens (tertiary/aromatic N) is 1. The maximum Gasteiger partial charge on any atom is 0.0886 e. The van der Waals surface area contributed by atoms with Crippen molar-refractivity contribution in [1.29, 1.82) is 0 Å². The number of nitrogens with one attached hydrogen (secondary N) is 1. The fourth-order valence-corrected chi connectivity index (χ4v) is 3.15. The lowest BCUT2D eigenvalue weighted by atomic mass is 9.88. The molecule has 2 heterocycles. The van der Waals surface area contributed by atoms with E-state index in [-0.39, 0.29) is 6.10 Å². The standard InChI is InChI=1S/C18H24N2O/c1-13(2)20-11-15-7-5-9-21-18(15)17-12-19-10-14-6-3-4-8-16(14)17/h3-4,6,8,10,12-13,15,18,20H,5,7,9,11H2,1-2H3. The van der Waals surface area contributed by atoms with Gasteiger partial charge in [0.25, 0.3) is 0 Å². The predicted octanol–water partition coefficient (Wildman–Crippen LogP) is 3.70. The average Bonchev–Trinajstić information content (AvgIpc) is 2.53. The van der Waals surface area contributed by atoms with E-state index in [1.807, 2.05) is 12.4 Å². The zero-order valence-electron chi connectivity index (χ0n) is 12.9. The number of aromatic nitrogens is 1. The van der Waals surface area contributed by atoms with Gasteiger partial charge in [-0.05, 0) is 18.2 Å². The zero-order chi connectivity index (χ0) is 14.7. The van der Waals surface area contributed by atoms with Gasteiger partial charge in [-0.15, -0.1) is 0 Å². The van der Waals surface area contributed by atoms with Gasteiger partial charge in [-0.2, -0.15) is 0 Å². The van der Waals surface area contributed by atoms with Crippen molar-refractivity contribution in [2.75, 3.05) is 13.2 Å². The summed E-state index contributed by atoms with van der Waals surface area (Å²) in [4.78, 5) is 4.42. The van der Waals surface area contributed by atoms with Gasteiger partial charge in [0.05, 0.1) is 6.10 Å². The van der Waals surface area contributed by atoms with Crippen molar-refractivity contribution in [1.82, 2.24) is 10.3 Å². The third-order valence-corrected chi connectivity index (χ3v) is 4.24. The van der Waals surface area contributed by atoms with E-state index >= 15 is 0 Å². The fraction of sp³-hybridized carbons (Fsp3) is 0.500. The van der Waals surface area contributed by atoms with Crippen LogP contribution in [-0.4, -0.2) is 24.2 Å². The van der Waals surface area contributed by atoms with E-state index in [0.29, 0.717) is 12.0 Å². The number of pyridine rings is 1. The quantitative estimate of drug-likeness (QED) is 0.929. The zero-order valence-corrected chi connectivity index (χ0v) is 12.9. The fourth-order valence-electron chi connectivity index (χ4n) is 3.15. The van der Waals surface area contributed by atoms with Gasteiger partial charge in [0, 0.05) is 48.5 Å². The van der Waals surface area contributed by atoms with Crippen LogP contribution in [-0.2, 0) is 4.74 Å². The first-order chi connectivity index (χ1) is 10.3. The monoisotopic (exact) mass is 284 g/mol. The number of hydrogen-bond acceptors (Lipinski definition) is 3. The Hall–Kier alpha value is -1.45. The van der Waals surface area contributed by atoms with Crippen molar-refractivity contribution >= 4 is 10.8 Å². The van der Waals surface area contributed by atoms with E-state index in [1.54, 1.807) is 0 Å². The molecule has 112 valence electrons. The molecule has 1 aliphatic heterocycles. The molecule has 3 nitrogen and oxygen atoms in total. The molecule has 1 aromatic carbocycles. The summed E-state index contributed by atoms with van der Waals surface area (Å²) in [6, 6.07) is 8.97. The summed E-state index contributed by atoms with van der Waals surface area (Å²) in [5, 5.41) is 6.03. The Morgan fingerprint density at radius 3 is 3.00 bits per heavy atom. The van der Waals surface area contributed by atoms with Gasteiger partial charge in [-0.3, -0.25) is 4.98 Å². The van der Waals surface area contributed by atoms with Crippen molar-refractivity contribution in [2.45, 2.75) is 38.8 Å². The molecule has 1 fully saturated rings. The minimum Gasteiger partial charge on any atom is -0.373 e. The SMILES string of the molecule is CC(C)NCC1CCCOC1c1cncc2ccccc12. The Bertz CT molecular complexity index is 591. The molecule has 2 atom stereocenters. The van der Waals surface area contributed by atoms with Crippen LogP contribution in [0.5, 0.6) is 0 Å². The van der Waals surface area contributed by atoms with E-state index in [1.165, 1.54) is 22.8 Å². The first-order valence-electron chi connectivity index (χ1n) is 7.93. The molecule has 2 unspecified atom stereocenters. The minimum absolute atomic E-state index is 0.156. The lowest BCUT2D eigenvalue weighted by Crippen LogP contribution is -2.35. The van der Waals surface area contributed by atoms with E-state index in [4.69, 9.17) is 4.74 Å². The van der Waals surface area contributed by atoms with Crippen LogP contribution in [0.2, 0.25) is 0 Å². The van der Waals surface area contributed by atoms with Crippen LogP contribution < -0.4 is 5.32 Å². The summed E-state index contributed by atoms with van der Waals surface area (Å²) in [5.74, 6) is 0.522. The smallest absolute Gasteiger partial charge is 0.0886 e. The van der Waals surface area contributed by atoms with Crippen molar-refractivity contribution in [3.8, 4) is 0 Å². The van der Waals surface area contributed by atoms with Gasteiger partial charge in [-0.1, -0.05) is 38.1 Å². The highest BCUT2D eigenvalue weighted by molar-refractivity contribution is 5.85. The van der Waals surface area contributed by atoms with Crippen LogP contribution in [0.4, 0.5) is 0 Å². The number of hydrogen-bond donors (Lipinski definition) is 1. The number of fused-ring (bicyclic) bond motifs is 1. The van der Waals surface area contributed by atoms with Crippen LogP contribution in [0.3, 0.4) is 0 Å². The summed E-state index contributed by atoms with van der Waals surface area (Å²) in [6.07, 6.45) is 6.44. The van der Waals surface area contributed by atoms with E-state index in [2.05, 4.69) is 48.4 Å². The summed E-state index contributed by atoms with van der Waals surface area (Å²) < 4.78 is 6.14. The lowest BCUT2D eigenvalue weighted by molar-refractivity contribution is -0.0275. The summed E-state index contributed by atoms with van der Waals surface area (Å²) in [5.41, 5.74) is 1.24. The van der Waals surface area contributed by atoms with Crippen LogP contribution >= 0.6 is 0 Å². The van der Waals surface area contributed by atoms with Gasteiger partial charge in [-0.25, -0.2) is 0 Å². The second-order valence-electron chi connectivity index (χ2n) is 6.21. The Kier molecular flexibility index (Phi) is 4.51. The summed E-state index contributed by atoms with van der Waals surface area (Å²) in [6.45, 7) is 6.24. The van der Waals surface area contributed by atoms with Crippen LogP contribution in [0.25, 0.3) is 10.8 Å². The first kappa shape index (κ1) is 14.5. The molecule has 1 saturated heterocycles. The molecular weight excluding hydrogens is 260 g/mol. The third kappa shape index (κ3) is 3.25. The van der Waals surface area contributed by atoms with Crippen molar-refractivity contribution in [3.63, 3.8) is 0 Å². The highest BCUT2D eigenvalue weighted by Crippen LogP contribution is 2.36.